The van der Waals surface area contributed by atoms with E-state index in [-0.39, 0.29) is 12.4 Å². The van der Waals surface area contributed by atoms with Crippen molar-refractivity contribution in [2.45, 2.75) is 31.6 Å². The minimum atomic E-state index is -3.25. The van der Waals surface area contributed by atoms with Crippen molar-refractivity contribution in [3.05, 3.63) is 42.0 Å². The third-order valence-corrected chi connectivity index (χ3v) is 4.59. The molecule has 0 unspecified atom stereocenters. The Hall–Kier alpha value is -1.62. The van der Waals surface area contributed by atoms with Gasteiger partial charge in [0, 0.05) is 5.57 Å². The average molecular weight is 296 g/mol. The lowest BCUT2D eigenvalue weighted by molar-refractivity contribution is -0.139. The Kier molecular flexibility index (Phi) is 5.95. The van der Waals surface area contributed by atoms with Gasteiger partial charge in [-0.25, -0.2) is 13.2 Å². The second-order valence-corrected chi connectivity index (χ2v) is 6.86. The molecule has 20 heavy (non-hydrogen) atoms. The maximum Gasteiger partial charge on any atom is 0.333 e. The van der Waals surface area contributed by atoms with Crippen LogP contribution in [0.25, 0.3) is 0 Å². The van der Waals surface area contributed by atoms with Gasteiger partial charge in [0.1, 0.15) is 0 Å². The van der Waals surface area contributed by atoms with Crippen LogP contribution in [-0.2, 0) is 19.4 Å². The van der Waals surface area contributed by atoms with Crippen molar-refractivity contribution in [2.75, 3.05) is 12.4 Å². The van der Waals surface area contributed by atoms with Crippen LogP contribution in [0, 0.1) is 6.92 Å². The van der Waals surface area contributed by atoms with Crippen molar-refractivity contribution in [3.8, 4) is 0 Å². The fraction of sp³-hybridized carbons (Fsp3) is 0.400. The second kappa shape index (κ2) is 7.24. The summed E-state index contributed by atoms with van der Waals surface area (Å²) in [5.74, 6) is -0.382. The monoisotopic (exact) mass is 296 g/mol. The molecule has 0 radical (unpaired) electrons. The van der Waals surface area contributed by atoms with Crippen LogP contribution in [0.5, 0.6) is 0 Å². The molecule has 4 nitrogen and oxygen atoms in total. The standard InChI is InChI=1S/C15H20O4S/c1-12(2)15(16)19-10-4-5-11-20(17,18)14-8-6-13(3)7-9-14/h6-9H,1,4-5,10-11H2,2-3H3. The fourth-order valence-electron chi connectivity index (χ4n) is 1.55. The van der Waals surface area contributed by atoms with Gasteiger partial charge in [-0.15, -0.1) is 0 Å². The third kappa shape index (κ3) is 5.17. The van der Waals surface area contributed by atoms with Gasteiger partial charge >= 0.3 is 5.97 Å². The zero-order chi connectivity index (χ0) is 15.2. The number of aryl methyl sites for hydroxylation is 1. The Morgan fingerprint density at radius 2 is 1.80 bits per heavy atom. The van der Waals surface area contributed by atoms with E-state index in [9.17, 15) is 13.2 Å². The fourth-order valence-corrected chi connectivity index (χ4v) is 2.92. The van der Waals surface area contributed by atoms with E-state index in [1.807, 2.05) is 6.92 Å². The van der Waals surface area contributed by atoms with E-state index in [0.717, 1.165) is 5.56 Å². The van der Waals surface area contributed by atoms with Crippen molar-refractivity contribution in [1.29, 1.82) is 0 Å². The third-order valence-electron chi connectivity index (χ3n) is 2.77. The van der Waals surface area contributed by atoms with Crippen molar-refractivity contribution in [1.82, 2.24) is 0 Å². The zero-order valence-electron chi connectivity index (χ0n) is 11.9. The zero-order valence-corrected chi connectivity index (χ0v) is 12.7. The number of rotatable bonds is 7. The van der Waals surface area contributed by atoms with Crippen molar-refractivity contribution < 1.29 is 17.9 Å². The van der Waals surface area contributed by atoms with Crippen LogP contribution >= 0.6 is 0 Å². The van der Waals surface area contributed by atoms with E-state index in [0.29, 0.717) is 23.3 Å². The molecule has 0 aliphatic carbocycles. The molecule has 0 amide bonds. The lowest BCUT2D eigenvalue weighted by Gasteiger charge is -2.06. The summed E-state index contributed by atoms with van der Waals surface area (Å²) in [5.41, 5.74) is 1.37. The van der Waals surface area contributed by atoms with E-state index < -0.39 is 15.8 Å². The predicted octanol–water partition coefficient (Wildman–Crippen LogP) is 2.67. The van der Waals surface area contributed by atoms with E-state index in [1.165, 1.54) is 0 Å². The summed E-state index contributed by atoms with van der Waals surface area (Å²) >= 11 is 0. The molecule has 0 saturated heterocycles. The first-order valence-electron chi connectivity index (χ1n) is 6.45. The first-order chi connectivity index (χ1) is 9.33. The first-order valence-corrected chi connectivity index (χ1v) is 8.10. The highest BCUT2D eigenvalue weighted by Gasteiger charge is 2.13. The molecule has 0 heterocycles. The lowest BCUT2D eigenvalue weighted by Crippen LogP contribution is -2.10. The van der Waals surface area contributed by atoms with Gasteiger partial charge in [0.15, 0.2) is 9.84 Å². The number of carbonyl (C=O) groups is 1. The molecule has 0 aliphatic heterocycles. The summed E-state index contributed by atoms with van der Waals surface area (Å²) in [7, 11) is -3.25. The molecule has 0 spiro atoms. The van der Waals surface area contributed by atoms with Gasteiger partial charge < -0.3 is 4.74 Å². The molecule has 1 aromatic rings. The number of sulfone groups is 1. The topological polar surface area (TPSA) is 60.4 Å². The summed E-state index contributed by atoms with van der Waals surface area (Å²) < 4.78 is 29.0. The van der Waals surface area contributed by atoms with Gasteiger partial charge in [-0.1, -0.05) is 24.3 Å². The molecule has 1 aromatic carbocycles. The van der Waals surface area contributed by atoms with Crippen LogP contribution in [0.2, 0.25) is 0 Å². The van der Waals surface area contributed by atoms with Gasteiger partial charge in [0.25, 0.3) is 0 Å². The number of ether oxygens (including phenoxy) is 1. The molecule has 0 N–H and O–H groups in total. The van der Waals surface area contributed by atoms with Crippen LogP contribution in [0.3, 0.4) is 0 Å². The minimum Gasteiger partial charge on any atom is -0.462 e. The van der Waals surface area contributed by atoms with Crippen LogP contribution in [-0.4, -0.2) is 26.7 Å². The number of esters is 1. The van der Waals surface area contributed by atoms with Gasteiger partial charge in [-0.3, -0.25) is 0 Å². The number of hydrogen-bond donors (Lipinski definition) is 0. The SMILES string of the molecule is C=C(C)C(=O)OCCCCS(=O)(=O)c1ccc(C)cc1. The predicted molar refractivity (Wildman–Crippen MR) is 78.2 cm³/mol. The summed E-state index contributed by atoms with van der Waals surface area (Å²) in [6.07, 6.45) is 0.976. The second-order valence-electron chi connectivity index (χ2n) is 4.76. The lowest BCUT2D eigenvalue weighted by atomic mass is 10.2. The quantitative estimate of drug-likeness (QED) is 0.441. The normalized spacial score (nSPS) is 11.1. The molecule has 0 atom stereocenters. The molecule has 1 rings (SSSR count). The Morgan fingerprint density at radius 1 is 1.20 bits per heavy atom. The molecule has 0 aliphatic rings. The van der Waals surface area contributed by atoms with E-state index in [4.69, 9.17) is 4.74 Å². The Balaban J connectivity index is 2.39. The van der Waals surface area contributed by atoms with Crippen molar-refractivity contribution in [3.63, 3.8) is 0 Å². The Bertz CT molecular complexity index is 570. The highest BCUT2D eigenvalue weighted by molar-refractivity contribution is 7.91. The van der Waals surface area contributed by atoms with Crippen LogP contribution in [0.15, 0.2) is 41.3 Å². The molecule has 0 aromatic heterocycles. The van der Waals surface area contributed by atoms with Crippen LogP contribution in [0.4, 0.5) is 0 Å². The minimum absolute atomic E-state index is 0.0562. The van der Waals surface area contributed by atoms with Crippen LogP contribution in [0.1, 0.15) is 25.3 Å². The maximum absolute atomic E-state index is 12.0. The Morgan fingerprint density at radius 3 is 2.35 bits per heavy atom. The molecule has 5 heteroatoms. The van der Waals surface area contributed by atoms with E-state index in [2.05, 4.69) is 6.58 Å². The first kappa shape index (κ1) is 16.4. The summed E-state index contributed by atoms with van der Waals surface area (Å²) in [4.78, 5) is 11.5. The van der Waals surface area contributed by atoms with Gasteiger partial charge in [0.2, 0.25) is 0 Å². The number of hydrogen-bond acceptors (Lipinski definition) is 4. The molecular weight excluding hydrogens is 276 g/mol. The van der Waals surface area contributed by atoms with Crippen LogP contribution < -0.4 is 0 Å². The number of benzene rings is 1. The van der Waals surface area contributed by atoms with Gasteiger partial charge in [-0.2, -0.15) is 0 Å². The summed E-state index contributed by atoms with van der Waals surface area (Å²) in [5, 5.41) is 0. The average Bonchev–Trinajstić information content (AvgIpc) is 2.38. The van der Waals surface area contributed by atoms with Gasteiger partial charge in [-0.05, 0) is 38.8 Å². The van der Waals surface area contributed by atoms with E-state index in [1.54, 1.807) is 31.2 Å². The summed E-state index contributed by atoms with van der Waals surface area (Å²) in [6, 6.07) is 6.79. The molecular formula is C15H20O4S. The van der Waals surface area contributed by atoms with Crippen molar-refractivity contribution in [2.24, 2.45) is 0 Å². The van der Waals surface area contributed by atoms with E-state index >= 15 is 0 Å². The smallest absolute Gasteiger partial charge is 0.333 e. The molecule has 110 valence electrons. The number of unbranched alkanes of at least 4 members (excludes halogenated alkanes) is 1. The largest absolute Gasteiger partial charge is 0.462 e. The number of carbonyl (C=O) groups excluding carboxylic acids is 1. The highest BCUT2D eigenvalue weighted by atomic mass is 32.2. The van der Waals surface area contributed by atoms with Gasteiger partial charge in [0.05, 0.1) is 17.3 Å². The Labute approximate surface area is 120 Å². The highest BCUT2D eigenvalue weighted by Crippen LogP contribution is 2.13. The molecule has 0 fully saturated rings. The maximum atomic E-state index is 12.0. The molecule has 0 bridgehead atoms. The van der Waals surface area contributed by atoms with Crippen molar-refractivity contribution >= 4 is 15.8 Å². The molecule has 0 saturated carbocycles. The summed E-state index contributed by atoms with van der Waals surface area (Å²) in [6.45, 7) is 7.17.